The second kappa shape index (κ2) is 5.49. The number of rotatable bonds is 4. The van der Waals surface area contributed by atoms with Gasteiger partial charge in [-0.25, -0.2) is 0 Å². The predicted octanol–water partition coefficient (Wildman–Crippen LogP) is 3.59. The van der Waals surface area contributed by atoms with E-state index in [0.717, 1.165) is 5.56 Å². The molecule has 4 nitrogen and oxygen atoms in total. The third-order valence-electron chi connectivity index (χ3n) is 3.77. The van der Waals surface area contributed by atoms with E-state index in [2.05, 4.69) is 38.9 Å². The topological polar surface area (TPSA) is 63.3 Å². The van der Waals surface area contributed by atoms with Gasteiger partial charge in [0, 0.05) is 18.1 Å². The Morgan fingerprint density at radius 3 is 2.30 bits per heavy atom. The highest BCUT2D eigenvalue weighted by Gasteiger charge is 2.15. The molecule has 106 valence electrons. The lowest BCUT2D eigenvalue weighted by molar-refractivity contribution is -0.136. The molecule has 0 atom stereocenters. The molecular formula is C16H19NO3. The summed E-state index contributed by atoms with van der Waals surface area (Å²) in [6.07, 6.45) is 0.457. The van der Waals surface area contributed by atoms with Crippen molar-refractivity contribution >= 4 is 5.97 Å². The Kier molecular flexibility index (Phi) is 3.93. The lowest BCUT2D eigenvalue weighted by Crippen LogP contribution is -1.97. The van der Waals surface area contributed by atoms with Crippen molar-refractivity contribution in [1.29, 1.82) is 0 Å². The molecule has 0 saturated heterocycles. The van der Waals surface area contributed by atoms with Gasteiger partial charge < -0.3 is 9.63 Å². The molecule has 0 spiro atoms. The Hall–Kier alpha value is -2.10. The molecule has 1 N–H and O–H groups in total. The van der Waals surface area contributed by atoms with Gasteiger partial charge >= 0.3 is 5.97 Å². The van der Waals surface area contributed by atoms with Gasteiger partial charge in [-0.1, -0.05) is 11.2 Å². The monoisotopic (exact) mass is 273 g/mol. The molecule has 0 aliphatic carbocycles. The van der Waals surface area contributed by atoms with Crippen LogP contribution in [0.3, 0.4) is 0 Å². The van der Waals surface area contributed by atoms with Gasteiger partial charge in [0.25, 0.3) is 0 Å². The zero-order chi connectivity index (χ0) is 14.9. The lowest BCUT2D eigenvalue weighted by atomic mass is 9.92. The molecule has 4 heteroatoms. The van der Waals surface area contributed by atoms with Crippen molar-refractivity contribution in [2.75, 3.05) is 0 Å². The second-order valence-corrected chi connectivity index (χ2v) is 5.21. The summed E-state index contributed by atoms with van der Waals surface area (Å²) in [4.78, 5) is 10.6. The zero-order valence-electron chi connectivity index (χ0n) is 12.3. The number of carbonyl (C=O) groups is 1. The van der Waals surface area contributed by atoms with Gasteiger partial charge in [-0.3, -0.25) is 4.79 Å². The van der Waals surface area contributed by atoms with Crippen molar-refractivity contribution in [3.8, 4) is 11.3 Å². The van der Waals surface area contributed by atoms with Crippen LogP contribution in [0.4, 0.5) is 0 Å². The first-order valence-electron chi connectivity index (χ1n) is 6.65. The van der Waals surface area contributed by atoms with Gasteiger partial charge in [-0.15, -0.1) is 0 Å². The van der Waals surface area contributed by atoms with E-state index in [1.165, 1.54) is 22.3 Å². The highest BCUT2D eigenvalue weighted by Crippen LogP contribution is 2.32. The Morgan fingerprint density at radius 1 is 1.15 bits per heavy atom. The maximum absolute atomic E-state index is 10.6. The molecule has 0 aliphatic heterocycles. The molecule has 2 aromatic rings. The summed E-state index contributed by atoms with van der Waals surface area (Å²) in [6, 6.07) is 4.01. The van der Waals surface area contributed by atoms with E-state index in [1.54, 1.807) is 0 Å². The third-order valence-corrected chi connectivity index (χ3v) is 3.77. The summed E-state index contributed by atoms with van der Waals surface area (Å²) < 4.78 is 5.41. The summed E-state index contributed by atoms with van der Waals surface area (Å²) in [5.41, 5.74) is 6.53. The molecule has 1 aromatic carbocycles. The zero-order valence-corrected chi connectivity index (χ0v) is 12.3. The van der Waals surface area contributed by atoms with Crippen LogP contribution in [0.15, 0.2) is 16.7 Å². The fourth-order valence-corrected chi connectivity index (χ4v) is 2.37. The van der Waals surface area contributed by atoms with Crippen molar-refractivity contribution in [3.05, 3.63) is 40.1 Å². The van der Waals surface area contributed by atoms with E-state index < -0.39 is 5.97 Å². The van der Waals surface area contributed by atoms with E-state index in [4.69, 9.17) is 9.63 Å². The summed E-state index contributed by atoms with van der Waals surface area (Å²) in [5, 5.41) is 12.7. The van der Waals surface area contributed by atoms with Gasteiger partial charge in [0.15, 0.2) is 5.76 Å². The van der Waals surface area contributed by atoms with E-state index in [-0.39, 0.29) is 6.42 Å². The largest absolute Gasteiger partial charge is 0.481 e. The van der Waals surface area contributed by atoms with Crippen molar-refractivity contribution in [1.82, 2.24) is 5.16 Å². The molecule has 0 fully saturated rings. The lowest BCUT2D eigenvalue weighted by Gasteiger charge is -2.12. The fourth-order valence-electron chi connectivity index (χ4n) is 2.37. The van der Waals surface area contributed by atoms with Crippen LogP contribution in [0.2, 0.25) is 0 Å². The number of benzene rings is 1. The van der Waals surface area contributed by atoms with Crippen LogP contribution in [0, 0.1) is 27.7 Å². The summed E-state index contributed by atoms with van der Waals surface area (Å²) in [5.74, 6) is -0.111. The van der Waals surface area contributed by atoms with Crippen LogP contribution < -0.4 is 0 Å². The van der Waals surface area contributed by atoms with Crippen LogP contribution in [-0.2, 0) is 11.2 Å². The average Bonchev–Trinajstić information content (AvgIpc) is 2.83. The molecular weight excluding hydrogens is 254 g/mol. The van der Waals surface area contributed by atoms with Crippen molar-refractivity contribution in [3.63, 3.8) is 0 Å². The van der Waals surface area contributed by atoms with Gasteiger partial charge in [0.05, 0.1) is 12.1 Å². The van der Waals surface area contributed by atoms with Crippen LogP contribution >= 0.6 is 0 Å². The van der Waals surface area contributed by atoms with Crippen LogP contribution in [0.25, 0.3) is 11.3 Å². The smallest absolute Gasteiger partial charge is 0.303 e. The first kappa shape index (κ1) is 14.3. The molecule has 0 saturated carbocycles. The Morgan fingerprint density at radius 2 is 1.75 bits per heavy atom. The quantitative estimate of drug-likeness (QED) is 0.924. The standard InChI is InChI=1S/C16H19NO3/c1-9-7-10(2)12(4)16(11(9)3)14-8-13(17-20-14)5-6-15(18)19/h7-8H,5-6H2,1-4H3,(H,18,19). The van der Waals surface area contributed by atoms with Gasteiger partial charge in [0.1, 0.15) is 0 Å². The minimum Gasteiger partial charge on any atom is -0.481 e. The number of carboxylic acid groups (broad SMARTS) is 1. The summed E-state index contributed by atoms with van der Waals surface area (Å²) >= 11 is 0. The van der Waals surface area contributed by atoms with Crippen molar-refractivity contribution in [2.24, 2.45) is 0 Å². The number of aryl methyl sites for hydroxylation is 3. The van der Waals surface area contributed by atoms with E-state index in [0.29, 0.717) is 17.9 Å². The molecule has 20 heavy (non-hydrogen) atoms. The number of aliphatic carboxylic acids is 1. The van der Waals surface area contributed by atoms with E-state index in [1.807, 2.05) is 6.07 Å². The molecule has 0 bridgehead atoms. The first-order chi connectivity index (χ1) is 9.40. The number of nitrogens with zero attached hydrogens (tertiary/aromatic N) is 1. The van der Waals surface area contributed by atoms with Gasteiger partial charge in [-0.05, 0) is 49.9 Å². The highest BCUT2D eigenvalue weighted by molar-refractivity contribution is 5.70. The van der Waals surface area contributed by atoms with Gasteiger partial charge in [-0.2, -0.15) is 0 Å². The van der Waals surface area contributed by atoms with E-state index in [9.17, 15) is 4.79 Å². The van der Waals surface area contributed by atoms with Crippen LogP contribution in [0.1, 0.15) is 34.4 Å². The van der Waals surface area contributed by atoms with E-state index >= 15 is 0 Å². The molecule has 0 amide bonds. The normalized spacial score (nSPS) is 10.8. The van der Waals surface area contributed by atoms with Crippen molar-refractivity contribution < 1.29 is 14.4 Å². The number of carboxylic acids is 1. The molecule has 1 heterocycles. The summed E-state index contributed by atoms with van der Waals surface area (Å²) in [6.45, 7) is 8.28. The minimum absolute atomic E-state index is 0.0663. The average molecular weight is 273 g/mol. The molecule has 1 aromatic heterocycles. The Balaban J connectivity index is 2.40. The Labute approximate surface area is 118 Å². The van der Waals surface area contributed by atoms with Crippen LogP contribution in [0.5, 0.6) is 0 Å². The third kappa shape index (κ3) is 2.74. The highest BCUT2D eigenvalue weighted by atomic mass is 16.5. The minimum atomic E-state index is -0.826. The first-order valence-corrected chi connectivity index (χ1v) is 6.65. The van der Waals surface area contributed by atoms with Crippen LogP contribution in [-0.4, -0.2) is 16.2 Å². The number of hydrogen-bond acceptors (Lipinski definition) is 3. The maximum atomic E-state index is 10.6. The van der Waals surface area contributed by atoms with Gasteiger partial charge in [0.2, 0.25) is 0 Å². The Bertz CT molecular complexity index is 630. The molecule has 2 rings (SSSR count). The second-order valence-electron chi connectivity index (χ2n) is 5.21. The predicted molar refractivity (Wildman–Crippen MR) is 76.8 cm³/mol. The number of aromatic nitrogens is 1. The molecule has 0 radical (unpaired) electrons. The van der Waals surface area contributed by atoms with Crippen molar-refractivity contribution in [2.45, 2.75) is 40.5 Å². The number of hydrogen-bond donors (Lipinski definition) is 1. The molecule has 0 unspecified atom stereocenters. The summed E-state index contributed by atoms with van der Waals surface area (Å²) in [7, 11) is 0. The SMILES string of the molecule is Cc1cc(C)c(C)c(-c2cc(CCC(=O)O)no2)c1C. The fraction of sp³-hybridized carbons (Fsp3) is 0.375. The maximum Gasteiger partial charge on any atom is 0.303 e. The molecule has 0 aliphatic rings.